The van der Waals surface area contributed by atoms with E-state index < -0.39 is 0 Å². The number of nitrogens with zero attached hydrogens (tertiary/aromatic N) is 2. The van der Waals surface area contributed by atoms with Crippen molar-refractivity contribution in [2.75, 3.05) is 27.2 Å². The van der Waals surface area contributed by atoms with E-state index in [2.05, 4.69) is 6.92 Å². The second-order valence-corrected chi connectivity index (χ2v) is 5.76. The van der Waals surface area contributed by atoms with Crippen LogP contribution in [-0.2, 0) is 9.59 Å². The van der Waals surface area contributed by atoms with Crippen LogP contribution in [0.4, 0.5) is 0 Å². The number of piperidine rings is 1. The first-order valence-electron chi connectivity index (χ1n) is 7.67. The van der Waals surface area contributed by atoms with Crippen molar-refractivity contribution in [2.45, 2.75) is 45.4 Å². The monoisotopic (exact) mass is 280 g/mol. The minimum Gasteiger partial charge on any atom is -0.349 e. The minimum atomic E-state index is 0.180. The van der Waals surface area contributed by atoms with Crippen molar-refractivity contribution >= 4 is 11.8 Å². The topological polar surface area (TPSA) is 40.6 Å². The molecule has 0 aromatic heterocycles. The minimum absolute atomic E-state index is 0.180. The van der Waals surface area contributed by atoms with Gasteiger partial charge in [-0.1, -0.05) is 19.1 Å². The van der Waals surface area contributed by atoms with Crippen LogP contribution in [0.2, 0.25) is 0 Å². The summed E-state index contributed by atoms with van der Waals surface area (Å²) in [5, 5.41) is 0. The van der Waals surface area contributed by atoms with Gasteiger partial charge in [0.15, 0.2) is 0 Å². The maximum Gasteiger partial charge on any atom is 0.226 e. The lowest BCUT2D eigenvalue weighted by Crippen LogP contribution is -2.40. The molecule has 0 radical (unpaired) electrons. The first-order valence-corrected chi connectivity index (χ1v) is 7.67. The average molecular weight is 280 g/mol. The molecule has 1 aliphatic heterocycles. The first-order chi connectivity index (χ1) is 9.54. The fraction of sp³-hybridized carbons (Fsp3) is 0.750. The second-order valence-electron chi connectivity index (χ2n) is 5.76. The van der Waals surface area contributed by atoms with Gasteiger partial charge < -0.3 is 9.80 Å². The molecule has 0 aliphatic carbocycles. The Kier molecular flexibility index (Phi) is 7.34. The fourth-order valence-electron chi connectivity index (χ4n) is 2.56. The number of hydrogen-bond donors (Lipinski definition) is 0. The van der Waals surface area contributed by atoms with Crippen LogP contribution in [0.1, 0.15) is 45.4 Å². The Morgan fingerprint density at radius 2 is 2.05 bits per heavy atom. The standard InChI is InChI=1S/C16H28N2O2/c1-4-5-6-9-16(20)18-12-7-8-14(13-18)10-11-15(19)17(2)3/h5-6,14H,4,7-13H2,1-3H3/b6-5+. The van der Waals surface area contributed by atoms with Crippen molar-refractivity contribution in [3.8, 4) is 0 Å². The average Bonchev–Trinajstić information content (AvgIpc) is 2.45. The third-order valence-corrected chi connectivity index (χ3v) is 3.83. The van der Waals surface area contributed by atoms with Crippen LogP contribution in [-0.4, -0.2) is 48.8 Å². The first kappa shape index (κ1) is 16.7. The van der Waals surface area contributed by atoms with Gasteiger partial charge in [0.25, 0.3) is 0 Å². The van der Waals surface area contributed by atoms with Crippen LogP contribution in [0.25, 0.3) is 0 Å². The molecule has 0 aromatic carbocycles. The van der Waals surface area contributed by atoms with E-state index in [0.29, 0.717) is 18.8 Å². The van der Waals surface area contributed by atoms with Crippen LogP contribution in [0.3, 0.4) is 0 Å². The highest BCUT2D eigenvalue weighted by Gasteiger charge is 2.23. The molecular formula is C16H28N2O2. The number of carbonyl (C=O) groups is 2. The number of amides is 2. The van der Waals surface area contributed by atoms with Crippen LogP contribution in [0, 0.1) is 5.92 Å². The molecule has 1 rings (SSSR count). The molecule has 4 nitrogen and oxygen atoms in total. The van der Waals surface area contributed by atoms with Crippen molar-refractivity contribution in [2.24, 2.45) is 5.92 Å². The van der Waals surface area contributed by atoms with Gasteiger partial charge in [0.2, 0.25) is 11.8 Å². The van der Waals surface area contributed by atoms with E-state index in [-0.39, 0.29) is 11.8 Å². The Bertz CT molecular complexity index is 350. The summed E-state index contributed by atoms with van der Waals surface area (Å²) in [6.45, 7) is 3.76. The number of carbonyl (C=O) groups excluding carboxylic acids is 2. The molecule has 0 bridgehead atoms. The van der Waals surface area contributed by atoms with Crippen molar-refractivity contribution in [3.63, 3.8) is 0 Å². The lowest BCUT2D eigenvalue weighted by Gasteiger charge is -2.32. The molecular weight excluding hydrogens is 252 g/mol. The number of likely N-dealkylation sites (tertiary alicyclic amines) is 1. The van der Waals surface area contributed by atoms with Gasteiger partial charge in [0, 0.05) is 40.0 Å². The van der Waals surface area contributed by atoms with Crippen molar-refractivity contribution in [1.29, 1.82) is 0 Å². The molecule has 114 valence electrons. The van der Waals surface area contributed by atoms with E-state index in [1.807, 2.05) is 17.1 Å². The molecule has 20 heavy (non-hydrogen) atoms. The summed E-state index contributed by atoms with van der Waals surface area (Å²) in [5.74, 6) is 0.879. The lowest BCUT2D eigenvalue weighted by atomic mass is 9.93. The molecule has 2 amide bonds. The van der Waals surface area contributed by atoms with Gasteiger partial charge >= 0.3 is 0 Å². The Morgan fingerprint density at radius 3 is 2.70 bits per heavy atom. The zero-order valence-corrected chi connectivity index (χ0v) is 13.1. The van der Waals surface area contributed by atoms with Gasteiger partial charge in [-0.05, 0) is 31.6 Å². The van der Waals surface area contributed by atoms with Gasteiger partial charge in [-0.15, -0.1) is 0 Å². The predicted molar refractivity (Wildman–Crippen MR) is 81.3 cm³/mol. The van der Waals surface area contributed by atoms with Gasteiger partial charge in [0.05, 0.1) is 0 Å². The molecule has 1 heterocycles. The van der Waals surface area contributed by atoms with E-state index in [0.717, 1.165) is 38.8 Å². The Hall–Kier alpha value is -1.32. The SMILES string of the molecule is CC/C=C/CC(=O)N1CCCC(CCC(=O)N(C)C)C1. The summed E-state index contributed by atoms with van der Waals surface area (Å²) in [4.78, 5) is 27.3. The molecule has 0 N–H and O–H groups in total. The summed E-state index contributed by atoms with van der Waals surface area (Å²) in [6.07, 6.45) is 9.16. The van der Waals surface area contributed by atoms with E-state index >= 15 is 0 Å². The molecule has 1 atom stereocenters. The summed E-state index contributed by atoms with van der Waals surface area (Å²) in [7, 11) is 3.58. The van der Waals surface area contributed by atoms with Crippen LogP contribution < -0.4 is 0 Å². The van der Waals surface area contributed by atoms with E-state index in [9.17, 15) is 9.59 Å². The molecule has 1 aliphatic rings. The predicted octanol–water partition coefficient (Wildman–Crippen LogP) is 2.45. The Balaban J connectivity index is 2.36. The van der Waals surface area contributed by atoms with Gasteiger partial charge in [0.1, 0.15) is 0 Å². The highest BCUT2D eigenvalue weighted by atomic mass is 16.2. The van der Waals surface area contributed by atoms with Gasteiger partial charge in [-0.25, -0.2) is 0 Å². The molecule has 0 saturated carbocycles. The summed E-state index contributed by atoms with van der Waals surface area (Å²) in [6, 6.07) is 0. The number of rotatable bonds is 6. The Labute approximate surface area is 122 Å². The quantitative estimate of drug-likeness (QED) is 0.701. The second kappa shape index (κ2) is 8.77. The van der Waals surface area contributed by atoms with Crippen LogP contribution in [0.15, 0.2) is 12.2 Å². The zero-order chi connectivity index (χ0) is 15.0. The Morgan fingerprint density at radius 1 is 1.30 bits per heavy atom. The smallest absolute Gasteiger partial charge is 0.226 e. The third kappa shape index (κ3) is 5.76. The van der Waals surface area contributed by atoms with Gasteiger partial charge in [-0.3, -0.25) is 9.59 Å². The van der Waals surface area contributed by atoms with E-state index in [4.69, 9.17) is 0 Å². The third-order valence-electron chi connectivity index (χ3n) is 3.83. The van der Waals surface area contributed by atoms with E-state index in [1.54, 1.807) is 19.0 Å². The number of allylic oxidation sites excluding steroid dienone is 1. The summed E-state index contributed by atoms with van der Waals surface area (Å²) in [5.41, 5.74) is 0. The van der Waals surface area contributed by atoms with Crippen molar-refractivity contribution < 1.29 is 9.59 Å². The molecule has 4 heteroatoms. The largest absolute Gasteiger partial charge is 0.349 e. The highest BCUT2D eigenvalue weighted by molar-refractivity contribution is 5.78. The molecule has 1 saturated heterocycles. The maximum absolute atomic E-state index is 12.1. The number of hydrogen-bond acceptors (Lipinski definition) is 2. The summed E-state index contributed by atoms with van der Waals surface area (Å²) >= 11 is 0. The lowest BCUT2D eigenvalue weighted by molar-refractivity contribution is -0.132. The van der Waals surface area contributed by atoms with Crippen molar-refractivity contribution in [1.82, 2.24) is 9.80 Å². The molecule has 0 spiro atoms. The fourth-order valence-corrected chi connectivity index (χ4v) is 2.56. The molecule has 1 fully saturated rings. The molecule has 0 aromatic rings. The van der Waals surface area contributed by atoms with E-state index in [1.165, 1.54) is 0 Å². The summed E-state index contributed by atoms with van der Waals surface area (Å²) < 4.78 is 0. The zero-order valence-electron chi connectivity index (χ0n) is 13.1. The normalized spacial score (nSPS) is 19.4. The van der Waals surface area contributed by atoms with Crippen LogP contribution in [0.5, 0.6) is 0 Å². The molecule has 1 unspecified atom stereocenters. The van der Waals surface area contributed by atoms with Crippen molar-refractivity contribution in [3.05, 3.63) is 12.2 Å². The van der Waals surface area contributed by atoms with Crippen LogP contribution >= 0.6 is 0 Å². The highest BCUT2D eigenvalue weighted by Crippen LogP contribution is 2.21. The van der Waals surface area contributed by atoms with Gasteiger partial charge in [-0.2, -0.15) is 0 Å². The maximum atomic E-state index is 12.1.